The zero-order valence-corrected chi connectivity index (χ0v) is 12.8. The summed E-state index contributed by atoms with van der Waals surface area (Å²) in [5, 5.41) is 18.6. The third-order valence-electron chi connectivity index (χ3n) is 3.27. The van der Waals surface area contributed by atoms with Crippen LogP contribution >= 0.6 is 0 Å². The first-order valence-corrected chi connectivity index (χ1v) is 7.33. The SMILES string of the molecule is CC(CC(=O)O)NC(=O)CCCCc1ccc(C(=N)N)cc1. The van der Waals surface area contributed by atoms with Crippen LogP contribution in [0, 0.1) is 5.41 Å². The summed E-state index contributed by atoms with van der Waals surface area (Å²) in [7, 11) is 0. The molecule has 1 amide bonds. The number of carboxylic acids is 1. The second-order valence-corrected chi connectivity index (χ2v) is 5.38. The Morgan fingerprint density at radius 3 is 2.45 bits per heavy atom. The van der Waals surface area contributed by atoms with Crippen LogP contribution in [0.5, 0.6) is 0 Å². The molecule has 0 heterocycles. The van der Waals surface area contributed by atoms with E-state index in [1.54, 1.807) is 6.92 Å². The quantitative estimate of drug-likeness (QED) is 0.315. The Bertz CT molecular complexity index is 526. The molecule has 6 nitrogen and oxygen atoms in total. The van der Waals surface area contributed by atoms with E-state index in [9.17, 15) is 9.59 Å². The average Bonchev–Trinajstić information content (AvgIpc) is 2.43. The number of aliphatic carboxylic acids is 1. The van der Waals surface area contributed by atoms with E-state index < -0.39 is 5.97 Å². The number of carbonyl (C=O) groups excluding carboxylic acids is 1. The van der Waals surface area contributed by atoms with E-state index in [0.29, 0.717) is 12.0 Å². The summed E-state index contributed by atoms with van der Waals surface area (Å²) < 4.78 is 0. The number of nitrogens with one attached hydrogen (secondary N) is 2. The predicted molar refractivity (Wildman–Crippen MR) is 84.9 cm³/mol. The van der Waals surface area contributed by atoms with E-state index in [-0.39, 0.29) is 24.2 Å². The lowest BCUT2D eigenvalue weighted by molar-refractivity contribution is -0.137. The number of carboxylic acid groups (broad SMARTS) is 1. The largest absolute Gasteiger partial charge is 0.481 e. The molecular formula is C16H23N3O3. The van der Waals surface area contributed by atoms with Crippen molar-refractivity contribution in [2.24, 2.45) is 5.73 Å². The van der Waals surface area contributed by atoms with Crippen molar-refractivity contribution in [3.8, 4) is 0 Å². The number of nitrogen functional groups attached to an aromatic ring is 1. The molecule has 120 valence electrons. The second kappa shape index (κ2) is 8.81. The average molecular weight is 305 g/mol. The Morgan fingerprint density at radius 2 is 1.91 bits per heavy atom. The van der Waals surface area contributed by atoms with Crippen LogP contribution in [0.4, 0.5) is 0 Å². The Labute approximate surface area is 130 Å². The fourth-order valence-corrected chi connectivity index (χ4v) is 2.13. The van der Waals surface area contributed by atoms with Gasteiger partial charge in [-0.3, -0.25) is 15.0 Å². The highest BCUT2D eigenvalue weighted by Gasteiger charge is 2.10. The molecule has 6 heteroatoms. The first-order valence-electron chi connectivity index (χ1n) is 7.33. The van der Waals surface area contributed by atoms with E-state index in [0.717, 1.165) is 24.8 Å². The van der Waals surface area contributed by atoms with Crippen molar-refractivity contribution in [2.45, 2.75) is 45.1 Å². The molecule has 0 aliphatic carbocycles. The van der Waals surface area contributed by atoms with Gasteiger partial charge in [0.05, 0.1) is 6.42 Å². The summed E-state index contributed by atoms with van der Waals surface area (Å²) >= 11 is 0. The van der Waals surface area contributed by atoms with Gasteiger partial charge in [-0.15, -0.1) is 0 Å². The van der Waals surface area contributed by atoms with Crippen LogP contribution in [0.25, 0.3) is 0 Å². The molecule has 0 aliphatic heterocycles. The maximum Gasteiger partial charge on any atom is 0.305 e. The molecule has 1 rings (SSSR count). The molecule has 5 N–H and O–H groups in total. The fraction of sp³-hybridized carbons (Fsp3) is 0.438. The number of unbranched alkanes of at least 4 members (excludes halogenated alkanes) is 1. The lowest BCUT2D eigenvalue weighted by atomic mass is 10.0. The number of benzene rings is 1. The van der Waals surface area contributed by atoms with Crippen molar-refractivity contribution >= 4 is 17.7 Å². The second-order valence-electron chi connectivity index (χ2n) is 5.38. The number of rotatable bonds is 9. The van der Waals surface area contributed by atoms with Gasteiger partial charge in [0.25, 0.3) is 0 Å². The van der Waals surface area contributed by atoms with Gasteiger partial charge < -0.3 is 16.2 Å². The summed E-state index contributed by atoms with van der Waals surface area (Å²) in [6, 6.07) is 7.16. The molecule has 1 atom stereocenters. The number of hydrogen-bond acceptors (Lipinski definition) is 3. The summed E-state index contributed by atoms with van der Waals surface area (Å²) in [5.74, 6) is -0.971. The monoisotopic (exact) mass is 305 g/mol. The summed E-state index contributed by atoms with van der Waals surface area (Å²) in [5.41, 5.74) is 7.24. The Hall–Kier alpha value is -2.37. The van der Waals surface area contributed by atoms with Crippen LogP contribution in [0.15, 0.2) is 24.3 Å². The Morgan fingerprint density at radius 1 is 1.27 bits per heavy atom. The van der Waals surface area contributed by atoms with Gasteiger partial charge >= 0.3 is 5.97 Å². The summed E-state index contributed by atoms with van der Waals surface area (Å²) in [4.78, 5) is 22.1. The molecule has 0 aromatic heterocycles. The molecule has 1 aromatic carbocycles. The molecule has 1 aromatic rings. The minimum Gasteiger partial charge on any atom is -0.481 e. The van der Waals surface area contributed by atoms with Crippen LogP contribution in [-0.4, -0.2) is 28.9 Å². The summed E-state index contributed by atoms with van der Waals surface area (Å²) in [6.07, 6.45) is 2.82. The van der Waals surface area contributed by atoms with Gasteiger partial charge in [0.1, 0.15) is 5.84 Å². The zero-order valence-electron chi connectivity index (χ0n) is 12.8. The van der Waals surface area contributed by atoms with E-state index >= 15 is 0 Å². The van der Waals surface area contributed by atoms with Crippen molar-refractivity contribution in [2.75, 3.05) is 0 Å². The predicted octanol–water partition coefficient (Wildman–Crippen LogP) is 1.66. The van der Waals surface area contributed by atoms with E-state index in [1.165, 1.54) is 0 Å². The topological polar surface area (TPSA) is 116 Å². The van der Waals surface area contributed by atoms with E-state index in [2.05, 4.69) is 5.32 Å². The van der Waals surface area contributed by atoms with Gasteiger partial charge in [0.2, 0.25) is 5.91 Å². The van der Waals surface area contributed by atoms with Gasteiger partial charge in [0, 0.05) is 18.0 Å². The van der Waals surface area contributed by atoms with Gasteiger partial charge in [-0.05, 0) is 31.7 Å². The highest BCUT2D eigenvalue weighted by atomic mass is 16.4. The molecule has 0 saturated carbocycles. The smallest absolute Gasteiger partial charge is 0.305 e. The number of amides is 1. The highest BCUT2D eigenvalue weighted by Crippen LogP contribution is 2.09. The minimum atomic E-state index is -0.915. The number of nitrogens with two attached hydrogens (primary N) is 1. The molecule has 0 radical (unpaired) electrons. The summed E-state index contributed by atoms with van der Waals surface area (Å²) in [6.45, 7) is 1.68. The van der Waals surface area contributed by atoms with Gasteiger partial charge in [-0.25, -0.2) is 0 Å². The molecule has 0 spiro atoms. The third kappa shape index (κ3) is 6.88. The third-order valence-corrected chi connectivity index (χ3v) is 3.27. The van der Waals surface area contributed by atoms with Crippen molar-refractivity contribution < 1.29 is 14.7 Å². The fourth-order valence-electron chi connectivity index (χ4n) is 2.13. The first-order chi connectivity index (χ1) is 10.4. The van der Waals surface area contributed by atoms with Gasteiger partial charge in [-0.2, -0.15) is 0 Å². The number of carbonyl (C=O) groups is 2. The minimum absolute atomic E-state index is 0.0544. The molecule has 0 bridgehead atoms. The highest BCUT2D eigenvalue weighted by molar-refractivity contribution is 5.94. The lowest BCUT2D eigenvalue weighted by Crippen LogP contribution is -2.33. The molecule has 0 fully saturated rings. The van der Waals surface area contributed by atoms with Crippen molar-refractivity contribution in [3.05, 3.63) is 35.4 Å². The maximum atomic E-state index is 11.6. The Balaban J connectivity index is 2.23. The van der Waals surface area contributed by atoms with E-state index in [4.69, 9.17) is 16.2 Å². The van der Waals surface area contributed by atoms with Gasteiger partial charge in [0.15, 0.2) is 0 Å². The molecule has 0 saturated heterocycles. The van der Waals surface area contributed by atoms with Crippen LogP contribution in [-0.2, 0) is 16.0 Å². The maximum absolute atomic E-state index is 11.6. The Kier molecular flexibility index (Phi) is 7.08. The van der Waals surface area contributed by atoms with Crippen molar-refractivity contribution in [3.63, 3.8) is 0 Å². The number of aryl methyl sites for hydroxylation is 1. The molecule has 22 heavy (non-hydrogen) atoms. The van der Waals surface area contributed by atoms with Crippen LogP contribution in [0.3, 0.4) is 0 Å². The molecular weight excluding hydrogens is 282 g/mol. The first kappa shape index (κ1) is 17.7. The number of amidine groups is 1. The van der Waals surface area contributed by atoms with Crippen molar-refractivity contribution in [1.29, 1.82) is 5.41 Å². The molecule has 1 unspecified atom stereocenters. The molecule has 0 aliphatic rings. The van der Waals surface area contributed by atoms with Crippen molar-refractivity contribution in [1.82, 2.24) is 5.32 Å². The van der Waals surface area contributed by atoms with Crippen LogP contribution < -0.4 is 11.1 Å². The van der Waals surface area contributed by atoms with Crippen LogP contribution in [0.2, 0.25) is 0 Å². The zero-order chi connectivity index (χ0) is 16.5. The normalized spacial score (nSPS) is 11.7. The lowest BCUT2D eigenvalue weighted by Gasteiger charge is -2.11. The standard InChI is InChI=1S/C16H23N3O3/c1-11(10-15(21)22)19-14(20)5-3-2-4-12-6-8-13(9-7-12)16(17)18/h6-9,11H,2-5,10H2,1H3,(H3,17,18)(H,19,20)(H,21,22). The van der Waals surface area contributed by atoms with Crippen LogP contribution in [0.1, 0.15) is 43.7 Å². The van der Waals surface area contributed by atoms with E-state index in [1.807, 2.05) is 24.3 Å². The van der Waals surface area contributed by atoms with Gasteiger partial charge in [-0.1, -0.05) is 24.3 Å². The number of hydrogen-bond donors (Lipinski definition) is 4.